The van der Waals surface area contributed by atoms with Crippen molar-refractivity contribution >= 4 is 16.6 Å². The SMILES string of the molecule is NC1(c2ccc(-c3nc4ccn5c(C6CC6)nnc5c4cc3-c3ccccc3)cc2)CC2(C1)OCCO2. The van der Waals surface area contributed by atoms with Gasteiger partial charge >= 0.3 is 0 Å². The van der Waals surface area contributed by atoms with Gasteiger partial charge in [-0.1, -0.05) is 54.6 Å². The average molecular weight is 490 g/mol. The zero-order chi connectivity index (χ0) is 24.6. The molecule has 2 saturated carbocycles. The Balaban J connectivity index is 1.23. The van der Waals surface area contributed by atoms with Crippen molar-refractivity contribution in [2.45, 2.75) is 42.9 Å². The average Bonchev–Trinajstić information content (AvgIpc) is 3.49. The van der Waals surface area contributed by atoms with Crippen molar-refractivity contribution in [1.29, 1.82) is 0 Å². The lowest BCUT2D eigenvalue weighted by molar-refractivity contribution is -0.239. The molecule has 4 heterocycles. The first kappa shape index (κ1) is 21.4. The molecule has 3 aromatic heterocycles. The minimum Gasteiger partial charge on any atom is -0.347 e. The molecule has 7 nitrogen and oxygen atoms in total. The highest BCUT2D eigenvalue weighted by atomic mass is 16.7. The van der Waals surface area contributed by atoms with Crippen molar-refractivity contribution < 1.29 is 9.47 Å². The number of fused-ring (bicyclic) bond motifs is 3. The van der Waals surface area contributed by atoms with Crippen molar-refractivity contribution in [3.05, 3.63) is 84.3 Å². The molecule has 3 fully saturated rings. The lowest BCUT2D eigenvalue weighted by atomic mass is 9.68. The molecule has 1 saturated heterocycles. The zero-order valence-corrected chi connectivity index (χ0v) is 20.4. The van der Waals surface area contributed by atoms with Gasteiger partial charge in [-0.3, -0.25) is 4.40 Å². The Hall–Kier alpha value is -3.65. The summed E-state index contributed by atoms with van der Waals surface area (Å²) in [7, 11) is 0. The van der Waals surface area contributed by atoms with Gasteiger partial charge in [-0.05, 0) is 36.1 Å². The summed E-state index contributed by atoms with van der Waals surface area (Å²) < 4.78 is 13.8. The Bertz CT molecular complexity index is 1640. The number of rotatable bonds is 4. The van der Waals surface area contributed by atoms with Crippen LogP contribution in [0.3, 0.4) is 0 Å². The summed E-state index contributed by atoms with van der Waals surface area (Å²) in [6, 6.07) is 23.2. The summed E-state index contributed by atoms with van der Waals surface area (Å²) in [5.74, 6) is 1.09. The fourth-order valence-electron chi connectivity index (χ4n) is 6.07. The highest BCUT2D eigenvalue weighted by Crippen LogP contribution is 2.51. The van der Waals surface area contributed by atoms with E-state index in [0.717, 1.165) is 50.3 Å². The van der Waals surface area contributed by atoms with Crippen LogP contribution in [0.1, 0.15) is 43.0 Å². The fraction of sp³-hybridized carbons (Fsp3) is 0.300. The molecule has 1 spiro atoms. The first-order valence-corrected chi connectivity index (χ1v) is 13.0. The molecular weight excluding hydrogens is 462 g/mol. The summed E-state index contributed by atoms with van der Waals surface area (Å²) in [6.07, 6.45) is 5.80. The van der Waals surface area contributed by atoms with E-state index >= 15 is 0 Å². The Kier molecular flexibility index (Phi) is 4.45. The second kappa shape index (κ2) is 7.68. The van der Waals surface area contributed by atoms with Crippen LogP contribution in [0, 0.1) is 0 Å². The Morgan fingerprint density at radius 1 is 0.865 bits per heavy atom. The van der Waals surface area contributed by atoms with E-state index in [0.29, 0.717) is 32.0 Å². The highest BCUT2D eigenvalue weighted by Gasteiger charge is 2.57. The standard InChI is InChI=1S/C30H27N5O2/c31-29(17-30(18-29)36-14-15-37-30)22-10-8-20(9-11-22)26-23(19-4-2-1-3-5-19)16-24-25(32-26)12-13-35-27(21-6-7-21)33-34-28(24)35/h1-5,8-13,16,21H,6-7,14-15,17-18,31H2. The number of aromatic nitrogens is 4. The van der Waals surface area contributed by atoms with Crippen LogP contribution in [0.15, 0.2) is 72.9 Å². The quantitative estimate of drug-likeness (QED) is 0.374. The van der Waals surface area contributed by atoms with Crippen molar-refractivity contribution in [3.8, 4) is 22.4 Å². The fourth-order valence-corrected chi connectivity index (χ4v) is 6.07. The molecule has 0 unspecified atom stereocenters. The molecule has 2 aromatic carbocycles. The van der Waals surface area contributed by atoms with Crippen LogP contribution >= 0.6 is 0 Å². The van der Waals surface area contributed by atoms with Crippen LogP contribution in [0.25, 0.3) is 38.9 Å². The molecule has 184 valence electrons. The molecule has 0 atom stereocenters. The highest BCUT2D eigenvalue weighted by molar-refractivity contribution is 5.98. The van der Waals surface area contributed by atoms with E-state index in [1.54, 1.807) is 0 Å². The second-order valence-corrected chi connectivity index (χ2v) is 10.7. The Labute approximate surface area is 214 Å². The second-order valence-electron chi connectivity index (χ2n) is 10.7. The largest absolute Gasteiger partial charge is 0.347 e. The predicted molar refractivity (Wildman–Crippen MR) is 141 cm³/mol. The zero-order valence-electron chi connectivity index (χ0n) is 20.4. The summed E-state index contributed by atoms with van der Waals surface area (Å²) in [4.78, 5) is 5.17. The van der Waals surface area contributed by atoms with Gasteiger partial charge in [0.2, 0.25) is 0 Å². The normalized spacial score (nSPS) is 20.0. The van der Waals surface area contributed by atoms with E-state index in [-0.39, 0.29) is 0 Å². The number of hydrogen-bond donors (Lipinski definition) is 1. The molecule has 0 amide bonds. The minimum atomic E-state index is -0.486. The molecule has 5 aromatic rings. The third-order valence-electron chi connectivity index (χ3n) is 8.14. The van der Waals surface area contributed by atoms with Crippen LogP contribution in [0.5, 0.6) is 0 Å². The smallest absolute Gasteiger partial charge is 0.172 e. The van der Waals surface area contributed by atoms with Crippen molar-refractivity contribution in [3.63, 3.8) is 0 Å². The summed E-state index contributed by atoms with van der Waals surface area (Å²) in [5.41, 5.74) is 13.4. The molecule has 0 radical (unpaired) electrons. The van der Waals surface area contributed by atoms with Gasteiger partial charge in [-0.25, -0.2) is 4.98 Å². The maximum absolute atomic E-state index is 6.75. The number of benzene rings is 2. The topological polar surface area (TPSA) is 87.6 Å². The van der Waals surface area contributed by atoms with E-state index in [2.05, 4.69) is 81.5 Å². The van der Waals surface area contributed by atoms with E-state index in [9.17, 15) is 0 Å². The van der Waals surface area contributed by atoms with E-state index in [1.807, 2.05) is 6.07 Å². The van der Waals surface area contributed by atoms with Gasteiger partial charge in [0, 0.05) is 41.5 Å². The molecule has 7 heteroatoms. The third-order valence-corrected chi connectivity index (χ3v) is 8.14. The summed E-state index contributed by atoms with van der Waals surface area (Å²) in [5, 5.41) is 10.1. The molecule has 2 N–H and O–H groups in total. The lowest BCUT2D eigenvalue weighted by Crippen LogP contribution is -2.60. The first-order chi connectivity index (χ1) is 18.1. The lowest BCUT2D eigenvalue weighted by Gasteiger charge is -2.50. The Morgan fingerprint density at radius 3 is 2.35 bits per heavy atom. The minimum absolute atomic E-state index is 0.430. The molecule has 1 aliphatic heterocycles. The van der Waals surface area contributed by atoms with Crippen LogP contribution in [-0.4, -0.2) is 38.6 Å². The predicted octanol–water partition coefficient (Wildman–Crippen LogP) is 5.18. The molecular formula is C30H27N5O2. The van der Waals surface area contributed by atoms with E-state index in [1.165, 1.54) is 12.8 Å². The van der Waals surface area contributed by atoms with Gasteiger partial charge in [-0.15, -0.1) is 10.2 Å². The Morgan fingerprint density at radius 2 is 1.62 bits per heavy atom. The third kappa shape index (κ3) is 3.35. The number of nitrogens with zero attached hydrogens (tertiary/aromatic N) is 4. The van der Waals surface area contributed by atoms with Gasteiger partial charge in [-0.2, -0.15) is 0 Å². The van der Waals surface area contributed by atoms with Gasteiger partial charge in [0.05, 0.1) is 30.0 Å². The van der Waals surface area contributed by atoms with Crippen LogP contribution < -0.4 is 5.73 Å². The van der Waals surface area contributed by atoms with Gasteiger partial charge in [0.15, 0.2) is 11.4 Å². The van der Waals surface area contributed by atoms with E-state index in [4.69, 9.17) is 20.2 Å². The van der Waals surface area contributed by atoms with Crippen molar-refractivity contribution in [2.24, 2.45) is 5.73 Å². The van der Waals surface area contributed by atoms with Crippen LogP contribution in [0.4, 0.5) is 0 Å². The maximum Gasteiger partial charge on any atom is 0.172 e. The molecule has 0 bridgehead atoms. The van der Waals surface area contributed by atoms with Gasteiger partial charge < -0.3 is 15.2 Å². The molecule has 3 aliphatic rings. The van der Waals surface area contributed by atoms with Gasteiger partial charge in [0.25, 0.3) is 0 Å². The number of ether oxygens (including phenoxy) is 2. The number of hydrogen-bond acceptors (Lipinski definition) is 6. The summed E-state index contributed by atoms with van der Waals surface area (Å²) in [6.45, 7) is 1.29. The number of pyridine rings is 2. The van der Waals surface area contributed by atoms with Crippen LogP contribution in [-0.2, 0) is 15.0 Å². The molecule has 2 aliphatic carbocycles. The molecule has 8 rings (SSSR count). The van der Waals surface area contributed by atoms with Gasteiger partial charge in [0.1, 0.15) is 5.82 Å². The van der Waals surface area contributed by atoms with E-state index < -0.39 is 11.3 Å². The maximum atomic E-state index is 6.75. The van der Waals surface area contributed by atoms with Crippen molar-refractivity contribution in [1.82, 2.24) is 19.6 Å². The van der Waals surface area contributed by atoms with Crippen molar-refractivity contribution in [2.75, 3.05) is 13.2 Å². The number of nitrogens with two attached hydrogens (primary N) is 1. The molecule has 37 heavy (non-hydrogen) atoms. The first-order valence-electron chi connectivity index (χ1n) is 13.0. The summed E-state index contributed by atoms with van der Waals surface area (Å²) >= 11 is 0. The van der Waals surface area contributed by atoms with Crippen LogP contribution in [0.2, 0.25) is 0 Å². The monoisotopic (exact) mass is 489 g/mol.